The minimum atomic E-state index is -0.114. The monoisotopic (exact) mass is 573 g/mol. The highest BCUT2D eigenvalue weighted by molar-refractivity contribution is 8.00. The second kappa shape index (κ2) is 19.9. The Balaban J connectivity index is 1.32. The van der Waals surface area contributed by atoms with Crippen LogP contribution in [0.15, 0.2) is 0 Å². The molecule has 12 nitrogen and oxygen atoms in total. The Hall–Kier alpha value is -2.09. The molecule has 224 valence electrons. The number of carbonyl (C=O) groups excluding carboxylic acids is 4. The molecular formula is C26H47N5O7S. The van der Waals surface area contributed by atoms with Gasteiger partial charge >= 0.3 is 6.03 Å². The molecule has 2 aliphatic heterocycles. The molecule has 4 N–H and O–H groups in total. The topological polar surface area (TPSA) is 147 Å². The third-order valence-corrected chi connectivity index (χ3v) is 8.04. The number of urea groups is 1. The van der Waals surface area contributed by atoms with Gasteiger partial charge in [0.15, 0.2) is 0 Å². The number of fused-ring (bicyclic) bond motifs is 1. The lowest BCUT2D eigenvalue weighted by molar-refractivity contribution is -0.130. The molecular weight excluding hydrogens is 526 g/mol. The van der Waals surface area contributed by atoms with Gasteiger partial charge in [-0.15, -0.1) is 0 Å². The molecule has 3 atom stereocenters. The Morgan fingerprint density at radius 2 is 1.54 bits per heavy atom. The van der Waals surface area contributed by atoms with Gasteiger partial charge in [0.2, 0.25) is 17.7 Å². The average molecular weight is 574 g/mol. The summed E-state index contributed by atoms with van der Waals surface area (Å²) in [6, 6.07) is 0.399. The average Bonchev–Trinajstić information content (AvgIpc) is 3.46. The van der Waals surface area contributed by atoms with Gasteiger partial charge < -0.3 is 40.4 Å². The Morgan fingerprint density at radius 3 is 2.23 bits per heavy atom. The van der Waals surface area contributed by atoms with Crippen LogP contribution in [0, 0.1) is 0 Å². The summed E-state index contributed by atoms with van der Waals surface area (Å²) in [5, 5.41) is 11.9. The van der Waals surface area contributed by atoms with E-state index in [-0.39, 0.29) is 42.3 Å². The summed E-state index contributed by atoms with van der Waals surface area (Å²) in [5.74, 6) is 0.959. The van der Waals surface area contributed by atoms with Crippen molar-refractivity contribution in [2.45, 2.75) is 69.2 Å². The van der Waals surface area contributed by atoms with Gasteiger partial charge in [-0.25, -0.2) is 4.79 Å². The molecule has 0 spiro atoms. The molecule has 2 fully saturated rings. The van der Waals surface area contributed by atoms with Gasteiger partial charge in [0.25, 0.3) is 0 Å². The number of nitrogens with one attached hydrogen (secondary N) is 4. The first-order chi connectivity index (χ1) is 18.9. The third-order valence-electron chi connectivity index (χ3n) is 6.53. The summed E-state index contributed by atoms with van der Waals surface area (Å²) in [6.07, 6.45) is 4.91. The van der Waals surface area contributed by atoms with Crippen molar-refractivity contribution in [3.8, 4) is 0 Å². The Morgan fingerprint density at radius 1 is 0.897 bits per heavy atom. The first-order valence-electron chi connectivity index (χ1n) is 14.1. The van der Waals surface area contributed by atoms with E-state index in [0.29, 0.717) is 77.4 Å². The van der Waals surface area contributed by atoms with Crippen molar-refractivity contribution >= 4 is 35.5 Å². The van der Waals surface area contributed by atoms with E-state index in [0.717, 1.165) is 31.4 Å². The maximum atomic E-state index is 12.3. The van der Waals surface area contributed by atoms with Crippen molar-refractivity contribution in [3.05, 3.63) is 0 Å². The van der Waals surface area contributed by atoms with Crippen LogP contribution in [-0.4, -0.2) is 118 Å². The zero-order valence-electron chi connectivity index (χ0n) is 23.5. The maximum absolute atomic E-state index is 12.3. The number of likely N-dealkylation sites (N-methyl/N-ethyl adjacent to an activating group) is 1. The molecule has 0 saturated carbocycles. The number of nitrogens with zero attached hydrogens (tertiary/aromatic N) is 1. The van der Waals surface area contributed by atoms with Crippen molar-refractivity contribution in [3.63, 3.8) is 0 Å². The van der Waals surface area contributed by atoms with Crippen molar-refractivity contribution in [2.75, 3.05) is 72.1 Å². The van der Waals surface area contributed by atoms with Crippen molar-refractivity contribution in [1.29, 1.82) is 0 Å². The van der Waals surface area contributed by atoms with E-state index in [2.05, 4.69) is 21.3 Å². The fourth-order valence-electron chi connectivity index (χ4n) is 4.30. The molecule has 0 aliphatic carbocycles. The summed E-state index contributed by atoms with van der Waals surface area (Å²) in [5.41, 5.74) is 0. The number of rotatable bonds is 22. The van der Waals surface area contributed by atoms with Crippen molar-refractivity contribution < 1.29 is 33.4 Å². The zero-order chi connectivity index (χ0) is 28.3. The predicted molar refractivity (Wildman–Crippen MR) is 150 cm³/mol. The Labute approximate surface area is 236 Å². The lowest BCUT2D eigenvalue weighted by Crippen LogP contribution is -2.36. The Kier molecular flexibility index (Phi) is 16.9. The smallest absolute Gasteiger partial charge is 0.315 e. The van der Waals surface area contributed by atoms with E-state index in [1.807, 2.05) is 18.7 Å². The molecule has 0 aromatic carbocycles. The summed E-state index contributed by atoms with van der Waals surface area (Å²) in [4.78, 5) is 48.5. The van der Waals surface area contributed by atoms with Gasteiger partial charge in [0.05, 0.1) is 51.7 Å². The summed E-state index contributed by atoms with van der Waals surface area (Å²) >= 11 is 1.90. The first-order valence-corrected chi connectivity index (χ1v) is 15.1. The maximum Gasteiger partial charge on any atom is 0.315 e. The molecule has 3 unspecified atom stereocenters. The second-order valence-corrected chi connectivity index (χ2v) is 11.0. The van der Waals surface area contributed by atoms with Crippen LogP contribution in [0.4, 0.5) is 4.79 Å². The molecule has 2 heterocycles. The van der Waals surface area contributed by atoms with Crippen LogP contribution in [0.3, 0.4) is 0 Å². The van der Waals surface area contributed by atoms with Gasteiger partial charge in [0, 0.05) is 56.9 Å². The number of thioether (sulfide) groups is 1. The normalized spacial score (nSPS) is 19.7. The molecule has 0 bridgehead atoms. The minimum Gasteiger partial charge on any atom is -0.379 e. The van der Waals surface area contributed by atoms with Gasteiger partial charge in [-0.1, -0.05) is 13.3 Å². The van der Waals surface area contributed by atoms with E-state index in [9.17, 15) is 19.2 Å². The van der Waals surface area contributed by atoms with Crippen LogP contribution in [0.2, 0.25) is 0 Å². The lowest BCUT2D eigenvalue weighted by Gasteiger charge is -2.18. The molecule has 2 aliphatic rings. The molecule has 39 heavy (non-hydrogen) atoms. The molecule has 2 saturated heterocycles. The largest absolute Gasteiger partial charge is 0.379 e. The van der Waals surface area contributed by atoms with Crippen molar-refractivity contribution in [1.82, 2.24) is 26.2 Å². The standard InChI is InChI=1S/C26H47N5O7S/c1-3-6-22(32)27-10-11-28-23(33)9-13-36-15-17-38-18-16-37-14-12-31(2)24(34)8-5-4-7-21-25-20(19-39-21)29-26(35)30-25/h20-21,25H,3-19H2,1-2H3,(H,27,32)(H,28,33)(H2,29,30,35). The van der Waals surface area contributed by atoms with E-state index in [4.69, 9.17) is 14.2 Å². The molecule has 0 aromatic rings. The lowest BCUT2D eigenvalue weighted by atomic mass is 10.0. The SMILES string of the molecule is CCCC(=O)NCCNC(=O)CCOCCOCCOCCN(C)C(=O)CCCCC1SCC2NC(=O)NC21. The second-order valence-electron chi connectivity index (χ2n) is 9.72. The van der Waals surface area contributed by atoms with E-state index in [1.165, 1.54) is 0 Å². The van der Waals surface area contributed by atoms with Gasteiger partial charge in [0.1, 0.15) is 0 Å². The van der Waals surface area contributed by atoms with Crippen LogP contribution in [0.25, 0.3) is 0 Å². The van der Waals surface area contributed by atoms with Crippen LogP contribution >= 0.6 is 11.8 Å². The summed E-state index contributed by atoms with van der Waals surface area (Å²) < 4.78 is 16.4. The van der Waals surface area contributed by atoms with E-state index < -0.39 is 0 Å². The summed E-state index contributed by atoms with van der Waals surface area (Å²) in [6.45, 7) is 5.75. The number of hydrogen-bond donors (Lipinski definition) is 4. The van der Waals surface area contributed by atoms with Crippen LogP contribution < -0.4 is 21.3 Å². The van der Waals surface area contributed by atoms with E-state index >= 15 is 0 Å². The third kappa shape index (κ3) is 14.2. The van der Waals surface area contributed by atoms with Gasteiger partial charge in [-0.2, -0.15) is 11.8 Å². The zero-order valence-corrected chi connectivity index (χ0v) is 24.3. The molecule has 0 aromatic heterocycles. The number of ether oxygens (including phenoxy) is 3. The highest BCUT2D eigenvalue weighted by atomic mass is 32.2. The minimum absolute atomic E-state index is 0.00171. The van der Waals surface area contributed by atoms with Gasteiger partial charge in [-0.3, -0.25) is 14.4 Å². The first kappa shape index (κ1) is 33.1. The highest BCUT2D eigenvalue weighted by Crippen LogP contribution is 2.33. The van der Waals surface area contributed by atoms with Crippen LogP contribution in [0.1, 0.15) is 51.9 Å². The quantitative estimate of drug-likeness (QED) is 0.109. The van der Waals surface area contributed by atoms with Crippen LogP contribution in [0.5, 0.6) is 0 Å². The molecule has 2 rings (SSSR count). The Bertz CT molecular complexity index is 760. The van der Waals surface area contributed by atoms with Crippen LogP contribution in [-0.2, 0) is 28.6 Å². The summed E-state index contributed by atoms with van der Waals surface area (Å²) in [7, 11) is 1.79. The highest BCUT2D eigenvalue weighted by Gasteiger charge is 2.42. The number of amides is 5. The fourth-order valence-corrected chi connectivity index (χ4v) is 5.84. The predicted octanol–water partition coefficient (Wildman–Crippen LogP) is 0.643. The number of hydrogen-bond acceptors (Lipinski definition) is 8. The molecule has 13 heteroatoms. The number of carbonyl (C=O) groups is 4. The number of unbranched alkanes of at least 4 members (excludes halogenated alkanes) is 1. The van der Waals surface area contributed by atoms with Crippen molar-refractivity contribution in [2.24, 2.45) is 0 Å². The molecule has 5 amide bonds. The fraction of sp³-hybridized carbons (Fsp3) is 0.846. The van der Waals surface area contributed by atoms with Gasteiger partial charge in [-0.05, 0) is 19.3 Å². The molecule has 0 radical (unpaired) electrons. The van der Waals surface area contributed by atoms with E-state index in [1.54, 1.807) is 11.9 Å².